The van der Waals surface area contributed by atoms with Gasteiger partial charge in [0.15, 0.2) is 5.65 Å². The van der Waals surface area contributed by atoms with Crippen molar-refractivity contribution < 1.29 is 9.13 Å². The molecule has 5 heterocycles. The van der Waals surface area contributed by atoms with Gasteiger partial charge in [0, 0.05) is 70.9 Å². The minimum absolute atomic E-state index is 0.295. The number of H-pyrrole nitrogens is 2. The van der Waals surface area contributed by atoms with Crippen LogP contribution in [-0.2, 0) is 0 Å². The van der Waals surface area contributed by atoms with E-state index in [9.17, 15) is 4.39 Å². The average molecular weight is 551 g/mol. The third kappa shape index (κ3) is 5.59. The zero-order valence-corrected chi connectivity index (χ0v) is 23.4. The van der Waals surface area contributed by atoms with E-state index in [-0.39, 0.29) is 5.82 Å². The number of aromatic nitrogens is 6. The summed E-state index contributed by atoms with van der Waals surface area (Å²) < 4.78 is 20.4. The Hall–Kier alpha value is -4.83. The fourth-order valence-electron chi connectivity index (χ4n) is 4.84. The molecule has 0 bridgehead atoms. The number of benzene rings is 1. The molecule has 1 aromatic carbocycles. The van der Waals surface area contributed by atoms with E-state index >= 15 is 0 Å². The van der Waals surface area contributed by atoms with E-state index in [1.807, 2.05) is 43.5 Å². The van der Waals surface area contributed by atoms with Crippen LogP contribution in [0.25, 0.3) is 55.6 Å². The maximum atomic E-state index is 14.6. The second kappa shape index (κ2) is 11.0. The highest BCUT2D eigenvalue weighted by Crippen LogP contribution is 2.35. The van der Waals surface area contributed by atoms with Crippen molar-refractivity contribution in [2.45, 2.75) is 19.9 Å². The second-order valence-corrected chi connectivity index (χ2v) is 10.6. The first-order valence-electron chi connectivity index (χ1n) is 13.5. The molecule has 6 rings (SSSR count). The van der Waals surface area contributed by atoms with Crippen LogP contribution in [0.4, 0.5) is 10.1 Å². The zero-order valence-electron chi connectivity index (χ0n) is 23.4. The molecule has 0 amide bonds. The lowest BCUT2D eigenvalue weighted by Gasteiger charge is -2.12. The van der Waals surface area contributed by atoms with E-state index in [0.29, 0.717) is 29.6 Å². The topological polar surface area (TPSA) is 108 Å². The summed E-state index contributed by atoms with van der Waals surface area (Å²) in [6, 6.07) is 11.2. The number of aromatic amines is 2. The number of halogens is 1. The largest absolute Gasteiger partial charge is 0.492 e. The van der Waals surface area contributed by atoms with E-state index in [2.05, 4.69) is 61.4 Å². The maximum absolute atomic E-state index is 14.6. The van der Waals surface area contributed by atoms with Gasteiger partial charge in [-0.3, -0.25) is 15.1 Å². The fraction of sp³-hybridized carbons (Fsp3) is 0.226. The molecule has 5 aromatic heterocycles. The summed E-state index contributed by atoms with van der Waals surface area (Å²) in [6.07, 6.45) is 8.95. The van der Waals surface area contributed by atoms with E-state index in [0.717, 1.165) is 56.6 Å². The lowest BCUT2D eigenvalue weighted by Crippen LogP contribution is -2.19. The van der Waals surface area contributed by atoms with Crippen LogP contribution in [0.15, 0.2) is 67.4 Å². The number of rotatable bonds is 9. The van der Waals surface area contributed by atoms with Gasteiger partial charge in [-0.1, -0.05) is 0 Å². The zero-order chi connectivity index (χ0) is 28.5. The van der Waals surface area contributed by atoms with E-state index in [1.165, 1.54) is 12.1 Å². The van der Waals surface area contributed by atoms with Crippen molar-refractivity contribution >= 4 is 27.6 Å². The molecule has 0 aliphatic rings. The molecule has 0 fully saturated rings. The Morgan fingerprint density at radius 2 is 1.73 bits per heavy atom. The first-order chi connectivity index (χ1) is 19.8. The second-order valence-electron chi connectivity index (χ2n) is 10.6. The summed E-state index contributed by atoms with van der Waals surface area (Å²) in [5, 5.41) is 12.7. The Balaban J connectivity index is 1.37. The number of hydrogen-bond acceptors (Lipinski definition) is 7. The molecule has 0 saturated heterocycles. The van der Waals surface area contributed by atoms with Gasteiger partial charge in [0.05, 0.1) is 28.8 Å². The minimum atomic E-state index is -0.365. The van der Waals surface area contributed by atoms with E-state index in [4.69, 9.17) is 4.74 Å². The van der Waals surface area contributed by atoms with Crippen LogP contribution in [0.2, 0.25) is 0 Å². The molecular weight excluding hydrogens is 519 g/mol. The Labute approximate surface area is 236 Å². The van der Waals surface area contributed by atoms with Crippen LogP contribution in [0, 0.1) is 5.82 Å². The predicted octanol–water partition coefficient (Wildman–Crippen LogP) is 6.13. The van der Waals surface area contributed by atoms with Gasteiger partial charge in [-0.2, -0.15) is 5.10 Å². The summed E-state index contributed by atoms with van der Waals surface area (Å²) in [4.78, 5) is 18.9. The smallest absolute Gasteiger partial charge is 0.181 e. The third-order valence-corrected chi connectivity index (χ3v) is 6.74. The van der Waals surface area contributed by atoms with Crippen molar-refractivity contribution in [2.24, 2.45) is 0 Å². The molecule has 3 N–H and O–H groups in total. The first kappa shape index (κ1) is 26.4. The van der Waals surface area contributed by atoms with Crippen molar-refractivity contribution in [1.82, 2.24) is 35.0 Å². The molecule has 6 aromatic rings. The van der Waals surface area contributed by atoms with Crippen molar-refractivity contribution in [3.05, 3.63) is 73.2 Å². The Bertz CT molecular complexity index is 1840. The van der Waals surface area contributed by atoms with Gasteiger partial charge in [-0.15, -0.1) is 0 Å². The number of anilines is 1. The summed E-state index contributed by atoms with van der Waals surface area (Å²) in [5.41, 5.74) is 7.37. The number of nitrogens with one attached hydrogen (secondary N) is 3. The summed E-state index contributed by atoms with van der Waals surface area (Å²) in [7, 11) is 3.94. The molecule has 0 radical (unpaired) electrons. The molecule has 0 atom stereocenters. The van der Waals surface area contributed by atoms with Crippen molar-refractivity contribution in [3.63, 3.8) is 0 Å². The van der Waals surface area contributed by atoms with Gasteiger partial charge in [-0.05, 0) is 63.8 Å². The van der Waals surface area contributed by atoms with Crippen molar-refractivity contribution in [3.8, 4) is 39.4 Å². The number of nitrogens with zero attached hydrogens (tertiary/aromatic N) is 5. The molecular formula is C31H31FN8O. The van der Waals surface area contributed by atoms with Gasteiger partial charge >= 0.3 is 0 Å². The third-order valence-electron chi connectivity index (χ3n) is 6.74. The van der Waals surface area contributed by atoms with Gasteiger partial charge in [0.1, 0.15) is 18.2 Å². The lowest BCUT2D eigenvalue weighted by atomic mass is 10.0. The van der Waals surface area contributed by atoms with Crippen molar-refractivity contribution in [2.75, 3.05) is 32.6 Å². The molecule has 0 unspecified atom stereocenters. The van der Waals surface area contributed by atoms with Gasteiger partial charge in [-0.25, -0.2) is 9.37 Å². The molecule has 0 aliphatic heterocycles. The maximum Gasteiger partial charge on any atom is 0.181 e. The highest BCUT2D eigenvalue weighted by molar-refractivity contribution is 6.00. The van der Waals surface area contributed by atoms with Crippen LogP contribution >= 0.6 is 0 Å². The normalized spacial score (nSPS) is 11.7. The Morgan fingerprint density at radius 3 is 2.56 bits per heavy atom. The number of likely N-dealkylation sites (N-methyl/N-ethyl adjacent to an activating group) is 1. The highest BCUT2D eigenvalue weighted by Gasteiger charge is 2.16. The first-order valence-corrected chi connectivity index (χ1v) is 13.5. The lowest BCUT2D eigenvalue weighted by molar-refractivity contribution is 0.260. The number of pyridine rings is 3. The van der Waals surface area contributed by atoms with Crippen LogP contribution < -0.4 is 10.1 Å². The number of ether oxygens (including phenoxy) is 1. The van der Waals surface area contributed by atoms with Crippen LogP contribution in [-0.4, -0.2) is 68.3 Å². The van der Waals surface area contributed by atoms with Gasteiger partial charge in [0.2, 0.25) is 0 Å². The molecule has 10 heteroatoms. The molecule has 9 nitrogen and oxygen atoms in total. The SMILES string of the molecule is CC(C)Nc1cncc(-c2cnc3n[nH]c(-c4cc5c(-c6cc(F)cc(OCCN(C)C)c6)cncc5[nH]4)c3c2)c1. The van der Waals surface area contributed by atoms with Crippen LogP contribution in [0.3, 0.4) is 0 Å². The Morgan fingerprint density at radius 1 is 0.902 bits per heavy atom. The highest BCUT2D eigenvalue weighted by atomic mass is 19.1. The number of hydrogen-bond donors (Lipinski definition) is 3. The average Bonchev–Trinajstić information content (AvgIpc) is 3.56. The Kier molecular flexibility index (Phi) is 7.07. The molecule has 0 saturated carbocycles. The molecule has 208 valence electrons. The predicted molar refractivity (Wildman–Crippen MR) is 160 cm³/mol. The monoisotopic (exact) mass is 550 g/mol. The van der Waals surface area contributed by atoms with E-state index < -0.39 is 0 Å². The van der Waals surface area contributed by atoms with Crippen molar-refractivity contribution in [1.29, 1.82) is 0 Å². The molecule has 41 heavy (non-hydrogen) atoms. The fourth-order valence-corrected chi connectivity index (χ4v) is 4.84. The molecule has 0 spiro atoms. The minimum Gasteiger partial charge on any atom is -0.492 e. The standard InChI is InChI=1S/C31H31FN8O/c1-18(2)36-23-8-20(13-33-15-23)21-10-26-30(38-39-31(26)35-14-21)28-12-25-27(16-34-17-29(25)37-28)19-7-22(32)11-24(9-19)41-6-5-40(3)4/h7-18,36-37H,5-6H2,1-4H3,(H,35,38,39). The summed E-state index contributed by atoms with van der Waals surface area (Å²) in [5.74, 6) is 0.116. The van der Waals surface area contributed by atoms with Gasteiger partial charge < -0.3 is 19.9 Å². The summed E-state index contributed by atoms with van der Waals surface area (Å²) in [6.45, 7) is 5.37. The van der Waals surface area contributed by atoms with Crippen LogP contribution in [0.1, 0.15) is 13.8 Å². The van der Waals surface area contributed by atoms with Gasteiger partial charge in [0.25, 0.3) is 0 Å². The van der Waals surface area contributed by atoms with Crippen LogP contribution in [0.5, 0.6) is 5.75 Å². The quantitative estimate of drug-likeness (QED) is 0.199. The molecule has 0 aliphatic carbocycles. The summed E-state index contributed by atoms with van der Waals surface area (Å²) >= 11 is 0. The van der Waals surface area contributed by atoms with E-state index in [1.54, 1.807) is 18.6 Å². The number of fused-ring (bicyclic) bond motifs is 2.